The zero-order chi connectivity index (χ0) is 46.1. The summed E-state index contributed by atoms with van der Waals surface area (Å²) in [6.07, 6.45) is -0.184. The molecule has 0 spiro atoms. The maximum absolute atomic E-state index is 13.2. The van der Waals surface area contributed by atoms with E-state index in [2.05, 4.69) is 0 Å². The molecule has 0 bridgehead atoms. The summed E-state index contributed by atoms with van der Waals surface area (Å²) >= 11 is 0. The Bertz CT molecular complexity index is 1880. The van der Waals surface area contributed by atoms with Crippen molar-refractivity contribution in [3.8, 4) is 0 Å². The number of aliphatic hydroxyl groups excluding tert-OH is 1. The summed E-state index contributed by atoms with van der Waals surface area (Å²) < 4.78 is 21.4. The van der Waals surface area contributed by atoms with E-state index in [1.165, 1.54) is 14.7 Å². The van der Waals surface area contributed by atoms with Gasteiger partial charge >= 0.3 is 24.4 Å². The third-order valence-electron chi connectivity index (χ3n) is 10.9. The molecule has 8 atom stereocenters. The fourth-order valence-electron chi connectivity index (χ4n) is 7.77. The minimum atomic E-state index is -1.13. The molecule has 1 unspecified atom stereocenters. The van der Waals surface area contributed by atoms with E-state index in [0.29, 0.717) is 32.4 Å². The van der Waals surface area contributed by atoms with Crippen molar-refractivity contribution in [1.82, 2.24) is 19.6 Å². The van der Waals surface area contributed by atoms with Crippen molar-refractivity contribution in [2.75, 3.05) is 13.1 Å². The lowest BCUT2D eigenvalue weighted by Crippen LogP contribution is -2.51. The van der Waals surface area contributed by atoms with Crippen LogP contribution in [0.5, 0.6) is 0 Å². The number of carbonyl (C=O) groups excluding carboxylic acids is 7. The van der Waals surface area contributed by atoms with Gasteiger partial charge in [0.2, 0.25) is 11.8 Å². The van der Waals surface area contributed by atoms with E-state index in [1.807, 2.05) is 88.4 Å². The Morgan fingerprint density at radius 3 is 1.65 bits per heavy atom. The molecule has 0 radical (unpaired) electrons. The third kappa shape index (κ3) is 12.3. The van der Waals surface area contributed by atoms with Crippen molar-refractivity contribution in [3.63, 3.8) is 0 Å². The molecule has 1 N–H and O–H groups in total. The number of hydrogen-bond donors (Lipinski definition) is 1. The number of aldehydes is 1. The molecule has 4 aliphatic rings. The highest BCUT2D eigenvalue weighted by molar-refractivity contribution is 5.95. The average Bonchev–Trinajstić information content (AvgIpc) is 4.02. The number of imide groups is 2. The number of hydrogen-bond acceptors (Lipinski definition) is 12. The van der Waals surface area contributed by atoms with Crippen LogP contribution in [0.25, 0.3) is 0 Å². The van der Waals surface area contributed by atoms with E-state index in [4.69, 9.17) is 18.9 Å². The molecule has 4 aliphatic heterocycles. The number of nitrogens with zero attached hydrogens (tertiary/aromatic N) is 4. The molecular weight excluding hydrogens is 801 g/mol. The third-order valence-corrected chi connectivity index (χ3v) is 10.9. The van der Waals surface area contributed by atoms with E-state index < -0.39 is 65.6 Å². The lowest BCUT2D eigenvalue weighted by atomic mass is 9.94. The van der Waals surface area contributed by atoms with Gasteiger partial charge in [0, 0.05) is 19.5 Å². The molecule has 2 aromatic rings. The van der Waals surface area contributed by atoms with Crippen molar-refractivity contribution in [2.45, 2.75) is 155 Å². The van der Waals surface area contributed by atoms with Gasteiger partial charge in [0.1, 0.15) is 29.7 Å². The van der Waals surface area contributed by atoms with Crippen molar-refractivity contribution < 1.29 is 57.6 Å². The van der Waals surface area contributed by atoms with Crippen LogP contribution in [0.4, 0.5) is 19.2 Å². The Kier molecular flexibility index (Phi) is 16.7. The highest BCUT2D eigenvalue weighted by Gasteiger charge is 2.48. The molecule has 16 heteroatoms. The van der Waals surface area contributed by atoms with Crippen molar-refractivity contribution in [1.29, 1.82) is 0 Å². The molecule has 2 aromatic carbocycles. The summed E-state index contributed by atoms with van der Waals surface area (Å²) in [6.45, 7) is 18.8. The number of amides is 6. The second kappa shape index (κ2) is 21.0. The maximum atomic E-state index is 13.2. The lowest BCUT2D eigenvalue weighted by molar-refractivity contribution is -0.138. The number of rotatable bonds is 7. The summed E-state index contributed by atoms with van der Waals surface area (Å²) in [4.78, 5) is 89.0. The minimum absolute atomic E-state index is 0.194. The monoisotopic (exact) mass is 864 g/mol. The van der Waals surface area contributed by atoms with Crippen LogP contribution in [0.3, 0.4) is 0 Å². The molecule has 62 heavy (non-hydrogen) atoms. The first kappa shape index (κ1) is 49.1. The van der Waals surface area contributed by atoms with Crippen LogP contribution in [-0.2, 0) is 33.3 Å². The Labute approximate surface area is 364 Å². The smallest absolute Gasteiger partial charge is 0.417 e. The molecule has 340 valence electrons. The molecule has 4 heterocycles. The van der Waals surface area contributed by atoms with Crippen LogP contribution in [-0.4, -0.2) is 122 Å². The van der Waals surface area contributed by atoms with Crippen molar-refractivity contribution >= 4 is 42.5 Å². The normalized spacial score (nSPS) is 24.4. The van der Waals surface area contributed by atoms with Crippen molar-refractivity contribution in [2.24, 2.45) is 5.92 Å². The van der Waals surface area contributed by atoms with Gasteiger partial charge < -0.3 is 33.7 Å². The highest BCUT2D eigenvalue weighted by atomic mass is 16.6. The Balaban J connectivity index is 0.000000228. The second-order valence-corrected chi connectivity index (χ2v) is 17.9. The number of carbonyl (C=O) groups is 7. The lowest BCUT2D eigenvalue weighted by Gasteiger charge is -2.34. The molecule has 0 saturated carbocycles. The van der Waals surface area contributed by atoms with Gasteiger partial charge in [-0.2, -0.15) is 0 Å². The summed E-state index contributed by atoms with van der Waals surface area (Å²) in [5.74, 6) is -1.60. The molecule has 0 aromatic heterocycles. The van der Waals surface area contributed by atoms with E-state index >= 15 is 0 Å². The molecular formula is C46H64N4O12. The molecule has 4 saturated heterocycles. The fraction of sp³-hybridized carbons (Fsp3) is 0.587. The number of aliphatic hydroxyl groups is 1. The molecule has 4 fully saturated rings. The van der Waals surface area contributed by atoms with Gasteiger partial charge in [0.05, 0.1) is 36.2 Å². The van der Waals surface area contributed by atoms with Gasteiger partial charge in [-0.25, -0.2) is 29.0 Å². The molecule has 6 rings (SSSR count). The Morgan fingerprint density at radius 1 is 0.742 bits per heavy atom. The first-order chi connectivity index (χ1) is 29.1. The van der Waals surface area contributed by atoms with Gasteiger partial charge in [-0.05, 0) is 92.2 Å². The topological polar surface area (TPSA) is 190 Å². The molecule has 16 nitrogen and oxygen atoms in total. The van der Waals surface area contributed by atoms with E-state index in [9.17, 15) is 38.7 Å². The largest absolute Gasteiger partial charge is 0.444 e. The first-order valence-electron chi connectivity index (χ1n) is 21.4. The summed E-state index contributed by atoms with van der Waals surface area (Å²) in [7, 11) is 0. The van der Waals surface area contributed by atoms with Crippen molar-refractivity contribution in [3.05, 3.63) is 71.8 Å². The summed E-state index contributed by atoms with van der Waals surface area (Å²) in [5, 5.41) is 11.0. The van der Waals surface area contributed by atoms with Gasteiger partial charge in [-0.15, -0.1) is 0 Å². The number of benzene rings is 2. The van der Waals surface area contributed by atoms with Gasteiger partial charge in [-0.3, -0.25) is 14.5 Å². The van der Waals surface area contributed by atoms with Crippen LogP contribution < -0.4 is 0 Å². The highest BCUT2D eigenvalue weighted by Crippen LogP contribution is 2.35. The van der Waals surface area contributed by atoms with Crippen LogP contribution in [0, 0.1) is 5.92 Å². The zero-order valence-corrected chi connectivity index (χ0v) is 37.6. The van der Waals surface area contributed by atoms with E-state index in [-0.39, 0.29) is 30.2 Å². The predicted octanol–water partition coefficient (Wildman–Crippen LogP) is 7.58. The quantitative estimate of drug-likeness (QED) is 0.213. The standard InChI is InChI=1S/C23H32N2O6.C13H15NO3.C10H17NO3/c1-14(18(26)17-12-9-13-24(17)21(28)31-23(3,4)5)20(27)25-15(2)19(30-22(25)29)16-10-7-6-8-11-16;1-3-11(15)14-9(2)12(17-13(14)16)10-7-5-4-6-8-10;1-10(2,3)14-9(13)11-6-4-5-8(11)7-12/h6-8,10-11,14-15,17-19,26H,9,12-13H2,1-5H3;4-9,12H,3H2,1-2H3;7-8H,4-6H2,1-3H3/t14-,15-,17+,18-,19?;9-,12-;8-/m110/s1. The van der Waals surface area contributed by atoms with Crippen LogP contribution in [0.15, 0.2) is 60.7 Å². The SMILES string of the molecule is CC(C)(C)OC(=O)N1CCC[C@H]1C=O.CCC(=O)N1C(=O)O[C@@H](c2ccccc2)[C@H]1C.C[C@@H]1C(c2ccccc2)OC(=O)N1C(=O)[C@H](C)[C@@H](O)[C@@H]1CCCN1C(=O)OC(C)(C)C. The predicted molar refractivity (Wildman–Crippen MR) is 227 cm³/mol. The Morgan fingerprint density at radius 2 is 1.18 bits per heavy atom. The van der Waals surface area contributed by atoms with Gasteiger partial charge in [-0.1, -0.05) is 74.5 Å². The molecule has 6 amide bonds. The maximum Gasteiger partial charge on any atom is 0.417 e. The number of ether oxygens (including phenoxy) is 4. The first-order valence-corrected chi connectivity index (χ1v) is 21.4. The summed E-state index contributed by atoms with van der Waals surface area (Å²) in [5.41, 5.74) is 0.573. The van der Waals surface area contributed by atoms with Gasteiger partial charge in [0.15, 0.2) is 0 Å². The van der Waals surface area contributed by atoms with Crippen LogP contribution in [0.1, 0.15) is 125 Å². The number of likely N-dealkylation sites (tertiary alicyclic amines) is 2. The van der Waals surface area contributed by atoms with Crippen LogP contribution >= 0.6 is 0 Å². The number of cyclic esters (lactones) is 2. The zero-order valence-electron chi connectivity index (χ0n) is 37.6. The van der Waals surface area contributed by atoms with Crippen LogP contribution in [0.2, 0.25) is 0 Å². The Hall–Kier alpha value is -5.51. The van der Waals surface area contributed by atoms with E-state index in [0.717, 1.165) is 35.2 Å². The second-order valence-electron chi connectivity index (χ2n) is 17.9. The summed E-state index contributed by atoms with van der Waals surface area (Å²) in [6, 6.07) is 17.1. The fourth-order valence-corrected chi connectivity index (χ4v) is 7.77. The minimum Gasteiger partial charge on any atom is -0.444 e. The molecule has 0 aliphatic carbocycles. The van der Waals surface area contributed by atoms with E-state index in [1.54, 1.807) is 41.5 Å². The average molecular weight is 865 g/mol. The van der Waals surface area contributed by atoms with Gasteiger partial charge in [0.25, 0.3) is 0 Å².